The zero-order valence-electron chi connectivity index (χ0n) is 10.9. The lowest BCUT2D eigenvalue weighted by molar-refractivity contribution is -0.123. The number of hydrogen-bond acceptors (Lipinski definition) is 2. The lowest BCUT2D eigenvalue weighted by atomic mass is 10.2. The van der Waals surface area contributed by atoms with Gasteiger partial charge in [0.2, 0.25) is 0 Å². The fourth-order valence-electron chi connectivity index (χ4n) is 1.59. The summed E-state index contributed by atoms with van der Waals surface area (Å²) in [6.45, 7) is -0.0403. The standard InChI is InChI=1S/C15H12ClF2NO2/c16-11-3-1-10(2-4-11)8-19-15(20)9-21-14-6-5-12(17)7-13(14)18/h1-7H,8-9H2,(H,19,20). The summed E-state index contributed by atoms with van der Waals surface area (Å²) in [5.74, 6) is -2.13. The summed E-state index contributed by atoms with van der Waals surface area (Å²) in [7, 11) is 0. The van der Waals surface area contributed by atoms with Crippen molar-refractivity contribution in [2.24, 2.45) is 0 Å². The first kappa shape index (κ1) is 15.3. The zero-order chi connectivity index (χ0) is 15.2. The summed E-state index contributed by atoms with van der Waals surface area (Å²) in [6.07, 6.45) is 0. The fraction of sp³-hybridized carbons (Fsp3) is 0.133. The number of nitrogens with one attached hydrogen (secondary N) is 1. The van der Waals surface area contributed by atoms with Crippen LogP contribution in [0.4, 0.5) is 8.78 Å². The van der Waals surface area contributed by atoms with E-state index in [-0.39, 0.29) is 12.4 Å². The minimum atomic E-state index is -0.847. The summed E-state index contributed by atoms with van der Waals surface area (Å²) < 4.78 is 31.0. The molecule has 21 heavy (non-hydrogen) atoms. The molecular formula is C15H12ClF2NO2. The molecule has 2 aromatic rings. The van der Waals surface area contributed by atoms with Gasteiger partial charge in [-0.15, -0.1) is 0 Å². The number of carbonyl (C=O) groups excluding carboxylic acids is 1. The van der Waals surface area contributed by atoms with Gasteiger partial charge in [-0.3, -0.25) is 4.79 Å². The van der Waals surface area contributed by atoms with E-state index in [2.05, 4.69) is 5.32 Å². The smallest absolute Gasteiger partial charge is 0.258 e. The van der Waals surface area contributed by atoms with Crippen LogP contribution in [0.2, 0.25) is 5.02 Å². The molecule has 0 aromatic heterocycles. The van der Waals surface area contributed by atoms with Crippen LogP contribution < -0.4 is 10.1 Å². The van der Waals surface area contributed by atoms with Crippen LogP contribution in [0.15, 0.2) is 42.5 Å². The van der Waals surface area contributed by atoms with Gasteiger partial charge in [0, 0.05) is 17.6 Å². The van der Waals surface area contributed by atoms with Gasteiger partial charge in [0.25, 0.3) is 5.91 Å². The van der Waals surface area contributed by atoms with Crippen LogP contribution in [-0.4, -0.2) is 12.5 Å². The Balaban J connectivity index is 1.80. The zero-order valence-corrected chi connectivity index (χ0v) is 11.7. The monoisotopic (exact) mass is 311 g/mol. The minimum Gasteiger partial charge on any atom is -0.481 e. The lowest BCUT2D eigenvalue weighted by Gasteiger charge is -2.08. The molecule has 2 rings (SSSR count). The second-order valence-corrected chi connectivity index (χ2v) is 4.70. The summed E-state index contributed by atoms with van der Waals surface area (Å²) >= 11 is 5.75. The first-order valence-corrected chi connectivity index (χ1v) is 6.51. The number of amides is 1. The van der Waals surface area contributed by atoms with Gasteiger partial charge in [-0.05, 0) is 29.8 Å². The summed E-state index contributed by atoms with van der Waals surface area (Å²) in [6, 6.07) is 9.88. The number of carbonyl (C=O) groups is 1. The van der Waals surface area contributed by atoms with Crippen LogP contribution in [0, 0.1) is 11.6 Å². The first-order valence-electron chi connectivity index (χ1n) is 6.13. The van der Waals surface area contributed by atoms with Crippen molar-refractivity contribution in [2.75, 3.05) is 6.61 Å². The maximum atomic E-state index is 13.3. The Morgan fingerprint density at radius 1 is 1.14 bits per heavy atom. The molecule has 0 aliphatic carbocycles. The van der Waals surface area contributed by atoms with Gasteiger partial charge in [0.15, 0.2) is 18.2 Å². The molecule has 0 unspecified atom stereocenters. The molecule has 1 N–H and O–H groups in total. The Morgan fingerprint density at radius 2 is 1.86 bits per heavy atom. The van der Waals surface area contributed by atoms with Crippen LogP contribution in [-0.2, 0) is 11.3 Å². The van der Waals surface area contributed by atoms with Crippen molar-refractivity contribution in [1.29, 1.82) is 0 Å². The first-order chi connectivity index (χ1) is 10.0. The highest BCUT2D eigenvalue weighted by molar-refractivity contribution is 6.30. The van der Waals surface area contributed by atoms with Crippen molar-refractivity contribution in [2.45, 2.75) is 6.54 Å². The van der Waals surface area contributed by atoms with Gasteiger partial charge < -0.3 is 10.1 Å². The van der Waals surface area contributed by atoms with E-state index in [0.29, 0.717) is 17.6 Å². The van der Waals surface area contributed by atoms with E-state index in [1.165, 1.54) is 0 Å². The highest BCUT2D eigenvalue weighted by atomic mass is 35.5. The highest BCUT2D eigenvalue weighted by Gasteiger charge is 2.07. The molecule has 6 heteroatoms. The molecule has 1 amide bonds. The van der Waals surface area contributed by atoms with Crippen LogP contribution in [0.3, 0.4) is 0 Å². The van der Waals surface area contributed by atoms with Crippen molar-refractivity contribution in [3.8, 4) is 5.75 Å². The fourth-order valence-corrected chi connectivity index (χ4v) is 1.72. The predicted octanol–water partition coefficient (Wildman–Crippen LogP) is 3.31. The van der Waals surface area contributed by atoms with E-state index in [1.807, 2.05) is 0 Å². The molecule has 110 valence electrons. The molecule has 0 radical (unpaired) electrons. The predicted molar refractivity (Wildman–Crippen MR) is 75.2 cm³/mol. The third kappa shape index (κ3) is 4.72. The molecule has 0 aliphatic heterocycles. The molecule has 0 spiro atoms. The molecule has 0 aliphatic rings. The van der Waals surface area contributed by atoms with Gasteiger partial charge in [-0.1, -0.05) is 23.7 Å². The Bertz CT molecular complexity index is 632. The van der Waals surface area contributed by atoms with Crippen LogP contribution in [0.25, 0.3) is 0 Å². The summed E-state index contributed by atoms with van der Waals surface area (Å²) in [5.41, 5.74) is 0.876. The van der Waals surface area contributed by atoms with Crippen LogP contribution in [0.5, 0.6) is 5.75 Å². The third-order valence-electron chi connectivity index (χ3n) is 2.66. The topological polar surface area (TPSA) is 38.3 Å². The Morgan fingerprint density at radius 3 is 2.52 bits per heavy atom. The van der Waals surface area contributed by atoms with Gasteiger partial charge >= 0.3 is 0 Å². The lowest BCUT2D eigenvalue weighted by Crippen LogP contribution is -2.28. The minimum absolute atomic E-state index is 0.168. The van der Waals surface area contributed by atoms with E-state index in [9.17, 15) is 13.6 Å². The van der Waals surface area contributed by atoms with Crippen molar-refractivity contribution < 1.29 is 18.3 Å². The summed E-state index contributed by atoms with van der Waals surface area (Å²) in [4.78, 5) is 11.6. The van der Waals surface area contributed by atoms with E-state index in [4.69, 9.17) is 16.3 Å². The van der Waals surface area contributed by atoms with Crippen LogP contribution >= 0.6 is 11.6 Å². The SMILES string of the molecule is O=C(COc1ccc(F)cc1F)NCc1ccc(Cl)cc1. The number of halogens is 3. The normalized spacial score (nSPS) is 10.2. The van der Waals surface area contributed by atoms with Crippen molar-refractivity contribution in [3.05, 3.63) is 64.7 Å². The Labute approximate surface area is 125 Å². The van der Waals surface area contributed by atoms with E-state index in [1.54, 1.807) is 24.3 Å². The number of hydrogen-bond donors (Lipinski definition) is 1. The van der Waals surface area contributed by atoms with E-state index < -0.39 is 17.5 Å². The van der Waals surface area contributed by atoms with Crippen molar-refractivity contribution in [1.82, 2.24) is 5.32 Å². The summed E-state index contributed by atoms with van der Waals surface area (Å²) in [5, 5.41) is 3.23. The van der Waals surface area contributed by atoms with Gasteiger partial charge in [-0.2, -0.15) is 0 Å². The average molecular weight is 312 g/mol. The van der Waals surface area contributed by atoms with E-state index in [0.717, 1.165) is 17.7 Å². The number of ether oxygens (including phenoxy) is 1. The maximum absolute atomic E-state index is 13.3. The van der Waals surface area contributed by atoms with Crippen molar-refractivity contribution in [3.63, 3.8) is 0 Å². The Kier molecular flexibility index (Phi) is 5.11. The number of benzene rings is 2. The Hall–Kier alpha value is -2.14. The molecule has 2 aromatic carbocycles. The van der Waals surface area contributed by atoms with Gasteiger partial charge in [0.1, 0.15) is 5.82 Å². The molecule has 3 nitrogen and oxygen atoms in total. The third-order valence-corrected chi connectivity index (χ3v) is 2.91. The molecular weight excluding hydrogens is 300 g/mol. The van der Waals surface area contributed by atoms with E-state index >= 15 is 0 Å². The van der Waals surface area contributed by atoms with Crippen molar-refractivity contribution >= 4 is 17.5 Å². The number of rotatable bonds is 5. The quantitative estimate of drug-likeness (QED) is 0.920. The van der Waals surface area contributed by atoms with Gasteiger partial charge in [0.05, 0.1) is 0 Å². The highest BCUT2D eigenvalue weighted by Crippen LogP contribution is 2.17. The maximum Gasteiger partial charge on any atom is 0.258 e. The molecule has 0 heterocycles. The second kappa shape index (κ2) is 7.04. The molecule has 0 saturated carbocycles. The average Bonchev–Trinajstić information content (AvgIpc) is 2.46. The molecule has 0 atom stereocenters. The van der Waals surface area contributed by atoms with Crippen LogP contribution in [0.1, 0.15) is 5.56 Å². The molecule has 0 fully saturated rings. The molecule has 0 saturated heterocycles. The largest absolute Gasteiger partial charge is 0.481 e. The second-order valence-electron chi connectivity index (χ2n) is 4.27. The van der Waals surface area contributed by atoms with Gasteiger partial charge in [-0.25, -0.2) is 8.78 Å². The molecule has 0 bridgehead atoms.